The van der Waals surface area contributed by atoms with Crippen LogP contribution in [0.3, 0.4) is 0 Å². The molecule has 2 aromatic carbocycles. The molecule has 0 spiro atoms. The lowest BCUT2D eigenvalue weighted by Gasteiger charge is -2.45. The number of fused-ring (bicyclic) bond motifs is 1. The summed E-state index contributed by atoms with van der Waals surface area (Å²) in [6, 6.07) is 15.2. The number of ether oxygens (including phenoxy) is 1. The van der Waals surface area contributed by atoms with Crippen molar-refractivity contribution in [2.45, 2.75) is 31.4 Å². The van der Waals surface area contributed by atoms with Gasteiger partial charge in [-0.3, -0.25) is 34.9 Å². The number of aromatic nitrogens is 1. The molecule has 5 N–H and O–H groups in total. The van der Waals surface area contributed by atoms with Crippen molar-refractivity contribution in [2.75, 3.05) is 39.0 Å². The van der Waals surface area contributed by atoms with Crippen LogP contribution < -0.4 is 20.7 Å². The minimum Gasteiger partial charge on any atom is -0.489 e. The van der Waals surface area contributed by atoms with E-state index in [0.717, 1.165) is 28.4 Å². The first-order valence-electron chi connectivity index (χ1n) is 15.7. The van der Waals surface area contributed by atoms with Gasteiger partial charge in [-0.2, -0.15) is 30.6 Å². The quantitative estimate of drug-likeness (QED) is 0.161. The minimum absolute atomic E-state index is 0.0380. The van der Waals surface area contributed by atoms with Crippen molar-refractivity contribution >= 4 is 56.6 Å². The van der Waals surface area contributed by atoms with Crippen molar-refractivity contribution in [3.63, 3.8) is 0 Å². The molecule has 17 nitrogen and oxygen atoms in total. The fourth-order valence-corrected chi connectivity index (χ4v) is 6.02. The van der Waals surface area contributed by atoms with E-state index >= 15 is 0 Å². The van der Waals surface area contributed by atoms with Gasteiger partial charge in [-0.1, -0.05) is 18.2 Å². The molecule has 0 saturated carbocycles. The molecule has 0 atom stereocenters. The number of amides is 5. The number of hydrogen-bond donors (Lipinski definition) is 5. The number of pyridine rings is 1. The summed E-state index contributed by atoms with van der Waals surface area (Å²) < 4.78 is 94.5. The van der Waals surface area contributed by atoms with Gasteiger partial charge in [-0.25, -0.2) is 22.8 Å². The van der Waals surface area contributed by atoms with Crippen LogP contribution in [0, 0.1) is 6.92 Å². The smallest absolute Gasteiger partial charge is 0.489 e. The number of para-hydroxylation sites is 1. The number of barbiturate groups is 1. The molecule has 0 radical (unpaired) electrons. The third kappa shape index (κ3) is 11.6. The van der Waals surface area contributed by atoms with Gasteiger partial charge in [0.15, 0.2) is 5.54 Å². The van der Waals surface area contributed by atoms with Crippen LogP contribution in [0.15, 0.2) is 54.6 Å². The molecule has 0 aliphatic carbocycles. The first-order valence-corrected chi connectivity index (χ1v) is 17.5. The maximum Gasteiger partial charge on any atom is 0.490 e. The molecule has 0 bridgehead atoms. The van der Waals surface area contributed by atoms with E-state index in [2.05, 4.69) is 20.9 Å². The topological polar surface area (TPSA) is 242 Å². The minimum atomic E-state index is -5.08. The van der Waals surface area contributed by atoms with E-state index in [0.29, 0.717) is 12.4 Å². The molecule has 2 saturated heterocycles. The van der Waals surface area contributed by atoms with E-state index in [4.69, 9.17) is 24.5 Å². The van der Waals surface area contributed by atoms with Crippen LogP contribution in [0.4, 0.5) is 31.1 Å². The van der Waals surface area contributed by atoms with E-state index < -0.39 is 70.2 Å². The first kappa shape index (κ1) is 44.5. The van der Waals surface area contributed by atoms with E-state index in [9.17, 15) is 53.9 Å². The number of aliphatic carboxylic acids is 2. The summed E-state index contributed by atoms with van der Waals surface area (Å²) in [5.41, 5.74) is 1.05. The van der Waals surface area contributed by atoms with Crippen LogP contribution in [0.5, 0.6) is 5.75 Å². The van der Waals surface area contributed by atoms with Crippen molar-refractivity contribution in [3.05, 3.63) is 71.4 Å². The number of aryl methyl sites for hydroxylation is 1. The third-order valence-corrected chi connectivity index (χ3v) is 9.19. The van der Waals surface area contributed by atoms with Crippen molar-refractivity contribution in [2.24, 2.45) is 0 Å². The molecular formula is C32H32F6N6O11S. The molecular weight excluding hydrogens is 790 g/mol. The van der Waals surface area contributed by atoms with E-state index in [1.54, 1.807) is 24.3 Å². The average Bonchev–Trinajstić information content (AvgIpc) is 3.10. The second kappa shape index (κ2) is 17.7. The Labute approximate surface area is 312 Å². The normalized spacial score (nSPS) is 16.2. The highest BCUT2D eigenvalue weighted by atomic mass is 32.2. The zero-order chi connectivity index (χ0) is 42.2. The number of nitrogens with one attached hydrogen (secondary N) is 3. The number of urea groups is 1. The largest absolute Gasteiger partial charge is 0.490 e. The third-order valence-electron chi connectivity index (χ3n) is 7.88. The van der Waals surface area contributed by atoms with Gasteiger partial charge in [-0.15, -0.1) is 0 Å². The van der Waals surface area contributed by atoms with Crippen molar-refractivity contribution in [1.29, 1.82) is 0 Å². The van der Waals surface area contributed by atoms with Crippen LogP contribution in [0.1, 0.15) is 21.6 Å². The molecule has 1 aromatic heterocycles. The molecule has 2 fully saturated rings. The summed E-state index contributed by atoms with van der Waals surface area (Å²) in [5.74, 6) is -7.32. The molecule has 3 aromatic rings. The molecule has 56 heavy (non-hydrogen) atoms. The first-order chi connectivity index (χ1) is 25.9. The fourth-order valence-electron chi connectivity index (χ4n) is 5.20. The van der Waals surface area contributed by atoms with E-state index in [1.165, 1.54) is 9.21 Å². The standard InChI is InChI=1S/C28H30N6O7S.2C2HF3O2/c1-18-15-20(22-5-3-4-6-23(22)30-18)16-41-21-9-7-19(8-10-21)24(35)29-17-28(25(36)31-27(38)32-26(28)37)33-11-13-34(14-12-33)42(2,39)40;2*3-2(4,5)1(6)7/h3-10,15H,11-14,16-17H2,1-2H3,(H,29,35)(H2,31,32,36,37,38);2*(H,6,7). The Kier molecular flexibility index (Phi) is 14.1. The number of benzene rings is 2. The molecule has 2 aliphatic heterocycles. The van der Waals surface area contributed by atoms with Crippen molar-refractivity contribution in [3.8, 4) is 5.75 Å². The molecule has 0 unspecified atom stereocenters. The maximum atomic E-state index is 13.1. The lowest BCUT2D eigenvalue weighted by Crippen LogP contribution is -2.78. The number of carboxylic acids is 2. The summed E-state index contributed by atoms with van der Waals surface area (Å²) >= 11 is 0. The number of hydrogen-bond acceptors (Lipinski definition) is 11. The van der Waals surface area contributed by atoms with Crippen LogP contribution in [0.25, 0.3) is 10.9 Å². The Balaban J connectivity index is 0.000000512. The summed E-state index contributed by atoms with van der Waals surface area (Å²) in [6.45, 7) is 1.93. The Morgan fingerprint density at radius 3 is 1.86 bits per heavy atom. The predicted octanol–water partition coefficient (Wildman–Crippen LogP) is 1.80. The number of nitrogens with zero attached hydrogens (tertiary/aromatic N) is 3. The van der Waals surface area contributed by atoms with Gasteiger partial charge >= 0.3 is 30.3 Å². The van der Waals surface area contributed by atoms with Gasteiger partial charge in [0.05, 0.1) is 18.3 Å². The second-order valence-corrected chi connectivity index (χ2v) is 13.8. The van der Waals surface area contributed by atoms with Gasteiger partial charge < -0.3 is 20.3 Å². The highest BCUT2D eigenvalue weighted by molar-refractivity contribution is 7.88. The van der Waals surface area contributed by atoms with Crippen molar-refractivity contribution < 1.29 is 78.5 Å². The molecule has 5 amide bonds. The summed E-state index contributed by atoms with van der Waals surface area (Å²) in [4.78, 5) is 74.8. The number of sulfonamides is 1. The zero-order valence-electron chi connectivity index (χ0n) is 29.0. The number of carbonyl (C=O) groups excluding carboxylic acids is 4. The average molecular weight is 823 g/mol. The van der Waals surface area contributed by atoms with Gasteiger partial charge in [0.25, 0.3) is 17.7 Å². The summed E-state index contributed by atoms with van der Waals surface area (Å²) in [5, 5.41) is 22.1. The number of rotatable bonds is 8. The Bertz CT molecular complexity index is 2050. The van der Waals surface area contributed by atoms with Crippen LogP contribution in [-0.2, 0) is 35.8 Å². The number of imide groups is 2. The summed E-state index contributed by atoms with van der Waals surface area (Å²) in [7, 11) is -3.46. The van der Waals surface area contributed by atoms with Crippen LogP contribution in [0.2, 0.25) is 0 Å². The highest BCUT2D eigenvalue weighted by Crippen LogP contribution is 2.24. The maximum absolute atomic E-state index is 13.1. The SMILES string of the molecule is Cc1cc(COc2ccc(C(=O)NCC3(N4CCN(S(C)(=O)=O)CC4)C(=O)NC(=O)NC3=O)cc2)c2ccccc2n1.O=C(O)C(F)(F)F.O=C(O)C(F)(F)F. The summed E-state index contributed by atoms with van der Waals surface area (Å²) in [6.07, 6.45) is -9.09. The molecule has 3 heterocycles. The second-order valence-electron chi connectivity index (χ2n) is 11.8. The van der Waals surface area contributed by atoms with E-state index in [1.807, 2.05) is 37.3 Å². The molecule has 304 valence electrons. The number of carbonyl (C=O) groups is 6. The number of piperazine rings is 1. The molecule has 24 heteroatoms. The number of alkyl halides is 6. The van der Waals surface area contributed by atoms with Gasteiger partial charge in [-0.05, 0) is 43.3 Å². The fraction of sp³-hybridized carbons (Fsp3) is 0.344. The lowest BCUT2D eigenvalue weighted by molar-refractivity contribution is -0.193. The molecule has 2 aliphatic rings. The Morgan fingerprint density at radius 1 is 0.875 bits per heavy atom. The van der Waals surface area contributed by atoms with Crippen LogP contribution >= 0.6 is 0 Å². The Morgan fingerprint density at radius 2 is 1.38 bits per heavy atom. The van der Waals surface area contributed by atoms with Crippen molar-refractivity contribution in [1.82, 2.24) is 30.1 Å². The predicted molar refractivity (Wildman–Crippen MR) is 179 cm³/mol. The van der Waals surface area contributed by atoms with Gasteiger partial charge in [0.2, 0.25) is 10.0 Å². The molecule has 5 rings (SSSR count). The lowest BCUT2D eigenvalue weighted by atomic mass is 9.91. The number of carboxylic acid groups (broad SMARTS) is 2. The Hall–Kier alpha value is -5.88. The van der Waals surface area contributed by atoms with Gasteiger partial charge in [0.1, 0.15) is 12.4 Å². The van der Waals surface area contributed by atoms with E-state index in [-0.39, 0.29) is 31.7 Å². The van der Waals surface area contributed by atoms with Crippen LogP contribution in [-0.4, -0.2) is 125 Å². The highest BCUT2D eigenvalue weighted by Gasteiger charge is 2.55. The number of halogens is 6. The van der Waals surface area contributed by atoms with Gasteiger partial charge in [0, 0.05) is 48.4 Å². The monoisotopic (exact) mass is 822 g/mol. The zero-order valence-corrected chi connectivity index (χ0v) is 29.8.